The molecule has 0 aromatic carbocycles. The summed E-state index contributed by atoms with van der Waals surface area (Å²) in [5.74, 6) is 0.625. The van der Waals surface area contributed by atoms with Gasteiger partial charge < -0.3 is 4.74 Å². The third-order valence-corrected chi connectivity index (χ3v) is 6.90. The molecule has 0 aliphatic rings. The van der Waals surface area contributed by atoms with Crippen molar-refractivity contribution in [1.82, 2.24) is 0 Å². The molecule has 0 aliphatic heterocycles. The minimum Gasteiger partial charge on any atom is -0.465 e. The maximum atomic E-state index is 12.2. The lowest BCUT2D eigenvalue weighted by atomic mass is 9.95. The van der Waals surface area contributed by atoms with E-state index in [4.69, 9.17) is 4.74 Å². The van der Waals surface area contributed by atoms with Crippen molar-refractivity contribution in [2.24, 2.45) is 5.92 Å². The van der Waals surface area contributed by atoms with Crippen LogP contribution in [0.1, 0.15) is 175 Å². The number of rotatable bonds is 26. The largest absolute Gasteiger partial charge is 0.465 e. The first-order chi connectivity index (χ1) is 15.7. The van der Waals surface area contributed by atoms with Gasteiger partial charge in [0.25, 0.3) is 0 Å². The molecule has 0 aliphatic carbocycles. The molecular weight excluding hydrogens is 392 g/mol. The second-order valence-electron chi connectivity index (χ2n) is 10.2. The Morgan fingerprint density at radius 3 is 1.25 bits per heavy atom. The van der Waals surface area contributed by atoms with Crippen LogP contribution in [-0.4, -0.2) is 12.6 Å². The van der Waals surface area contributed by atoms with E-state index in [0.717, 1.165) is 6.42 Å². The molecule has 0 unspecified atom stereocenters. The molecule has 0 heterocycles. The van der Waals surface area contributed by atoms with Gasteiger partial charge in [-0.25, -0.2) is 0 Å². The SMILES string of the molecule is CCCCCCCCCCCCCCCC(=O)OCC(CCCCCC)CCCCCC. The molecule has 0 rings (SSSR count). The van der Waals surface area contributed by atoms with Gasteiger partial charge >= 0.3 is 5.97 Å². The highest BCUT2D eigenvalue weighted by Crippen LogP contribution is 2.19. The van der Waals surface area contributed by atoms with E-state index < -0.39 is 0 Å². The summed E-state index contributed by atoms with van der Waals surface area (Å²) in [4.78, 5) is 12.2. The molecule has 0 saturated heterocycles. The Morgan fingerprint density at radius 1 is 0.500 bits per heavy atom. The molecule has 2 heteroatoms. The van der Waals surface area contributed by atoms with Gasteiger partial charge in [-0.05, 0) is 25.2 Å². The van der Waals surface area contributed by atoms with Gasteiger partial charge in [-0.1, -0.05) is 149 Å². The van der Waals surface area contributed by atoms with Crippen LogP contribution in [0, 0.1) is 5.92 Å². The Balaban J connectivity index is 3.64. The van der Waals surface area contributed by atoms with Crippen LogP contribution < -0.4 is 0 Å². The summed E-state index contributed by atoms with van der Waals surface area (Å²) in [6.07, 6.45) is 31.0. The quantitative estimate of drug-likeness (QED) is 0.0963. The zero-order valence-electron chi connectivity index (χ0n) is 22.6. The Bertz CT molecular complexity index is 354. The van der Waals surface area contributed by atoms with E-state index in [1.54, 1.807) is 0 Å². The molecule has 0 atom stereocenters. The third kappa shape index (κ3) is 24.1. The fraction of sp³-hybridized carbons (Fsp3) is 0.967. The monoisotopic (exact) mass is 452 g/mol. The topological polar surface area (TPSA) is 26.3 Å². The summed E-state index contributed by atoms with van der Waals surface area (Å²) in [5.41, 5.74) is 0. The Hall–Kier alpha value is -0.530. The van der Waals surface area contributed by atoms with Crippen molar-refractivity contribution in [2.75, 3.05) is 6.61 Å². The van der Waals surface area contributed by atoms with Gasteiger partial charge in [-0.3, -0.25) is 4.79 Å². The molecule has 2 nitrogen and oxygen atoms in total. The minimum absolute atomic E-state index is 0.0418. The van der Waals surface area contributed by atoms with Crippen molar-refractivity contribution >= 4 is 5.97 Å². The van der Waals surface area contributed by atoms with Crippen LogP contribution in [0.15, 0.2) is 0 Å². The van der Waals surface area contributed by atoms with Crippen LogP contribution >= 0.6 is 0 Å². The first-order valence-electron chi connectivity index (χ1n) is 14.9. The van der Waals surface area contributed by atoms with Gasteiger partial charge in [-0.15, -0.1) is 0 Å². The molecule has 0 bridgehead atoms. The van der Waals surface area contributed by atoms with Crippen LogP contribution in [0.5, 0.6) is 0 Å². The molecule has 32 heavy (non-hydrogen) atoms. The lowest BCUT2D eigenvalue weighted by molar-refractivity contribution is -0.145. The zero-order valence-corrected chi connectivity index (χ0v) is 22.6. The highest BCUT2D eigenvalue weighted by atomic mass is 16.5. The van der Waals surface area contributed by atoms with Crippen LogP contribution in [0.25, 0.3) is 0 Å². The molecule has 0 N–H and O–H groups in total. The third-order valence-electron chi connectivity index (χ3n) is 6.90. The summed E-state index contributed by atoms with van der Waals surface area (Å²) in [5, 5.41) is 0. The predicted molar refractivity (Wildman–Crippen MR) is 142 cm³/mol. The highest BCUT2D eigenvalue weighted by molar-refractivity contribution is 5.69. The van der Waals surface area contributed by atoms with Gasteiger partial charge in [0.05, 0.1) is 6.61 Å². The normalized spacial score (nSPS) is 11.4. The maximum Gasteiger partial charge on any atom is 0.305 e. The Labute approximate surface area is 203 Å². The van der Waals surface area contributed by atoms with E-state index in [2.05, 4.69) is 20.8 Å². The summed E-state index contributed by atoms with van der Waals surface area (Å²) in [7, 11) is 0. The molecule has 0 spiro atoms. The van der Waals surface area contributed by atoms with Crippen molar-refractivity contribution in [2.45, 2.75) is 175 Å². The van der Waals surface area contributed by atoms with E-state index in [9.17, 15) is 4.79 Å². The van der Waals surface area contributed by atoms with Crippen molar-refractivity contribution in [3.05, 3.63) is 0 Å². The molecule has 0 fully saturated rings. The standard InChI is InChI=1S/C30H60O2/c1-4-7-10-13-14-15-16-17-18-19-20-21-24-27-30(31)32-28-29(25-22-11-8-5-2)26-23-12-9-6-3/h29H,4-28H2,1-3H3. The van der Waals surface area contributed by atoms with E-state index in [0.29, 0.717) is 18.9 Å². The lowest BCUT2D eigenvalue weighted by Gasteiger charge is -2.17. The first kappa shape index (κ1) is 31.5. The van der Waals surface area contributed by atoms with E-state index in [1.165, 1.54) is 141 Å². The fourth-order valence-corrected chi connectivity index (χ4v) is 4.60. The Morgan fingerprint density at radius 2 is 0.844 bits per heavy atom. The molecule has 0 radical (unpaired) electrons. The molecule has 0 saturated carbocycles. The van der Waals surface area contributed by atoms with Crippen molar-refractivity contribution < 1.29 is 9.53 Å². The second-order valence-corrected chi connectivity index (χ2v) is 10.2. The average Bonchev–Trinajstić information content (AvgIpc) is 2.80. The van der Waals surface area contributed by atoms with Gasteiger partial charge in [-0.2, -0.15) is 0 Å². The number of ether oxygens (including phenoxy) is 1. The molecule has 0 aromatic heterocycles. The van der Waals surface area contributed by atoms with Crippen LogP contribution in [0.4, 0.5) is 0 Å². The summed E-state index contributed by atoms with van der Waals surface area (Å²) in [6.45, 7) is 7.47. The number of hydrogen-bond donors (Lipinski definition) is 0. The zero-order chi connectivity index (χ0) is 23.5. The van der Waals surface area contributed by atoms with Crippen molar-refractivity contribution in [3.8, 4) is 0 Å². The van der Waals surface area contributed by atoms with E-state index in [1.807, 2.05) is 0 Å². The van der Waals surface area contributed by atoms with Gasteiger partial charge in [0.15, 0.2) is 0 Å². The molecule has 192 valence electrons. The van der Waals surface area contributed by atoms with E-state index in [-0.39, 0.29) is 5.97 Å². The van der Waals surface area contributed by atoms with Crippen molar-refractivity contribution in [3.63, 3.8) is 0 Å². The number of unbranched alkanes of at least 4 members (excludes halogenated alkanes) is 18. The summed E-state index contributed by atoms with van der Waals surface area (Å²) < 4.78 is 5.69. The van der Waals surface area contributed by atoms with E-state index >= 15 is 0 Å². The fourth-order valence-electron chi connectivity index (χ4n) is 4.60. The van der Waals surface area contributed by atoms with Crippen LogP contribution in [0.2, 0.25) is 0 Å². The summed E-state index contributed by atoms with van der Waals surface area (Å²) >= 11 is 0. The molecule has 0 amide bonds. The number of carbonyl (C=O) groups excluding carboxylic acids is 1. The summed E-state index contributed by atoms with van der Waals surface area (Å²) in [6, 6.07) is 0. The minimum atomic E-state index is 0.0418. The number of esters is 1. The average molecular weight is 453 g/mol. The predicted octanol–water partition coefficient (Wildman–Crippen LogP) is 10.6. The number of hydrogen-bond acceptors (Lipinski definition) is 2. The Kier molecular flexibility index (Phi) is 26.3. The maximum absolute atomic E-state index is 12.2. The molecular formula is C30H60O2. The first-order valence-corrected chi connectivity index (χ1v) is 14.9. The highest BCUT2D eigenvalue weighted by Gasteiger charge is 2.12. The van der Waals surface area contributed by atoms with Gasteiger partial charge in [0, 0.05) is 6.42 Å². The number of carbonyl (C=O) groups is 1. The van der Waals surface area contributed by atoms with Gasteiger partial charge in [0.2, 0.25) is 0 Å². The smallest absolute Gasteiger partial charge is 0.305 e. The van der Waals surface area contributed by atoms with Crippen LogP contribution in [-0.2, 0) is 9.53 Å². The van der Waals surface area contributed by atoms with Crippen LogP contribution in [0.3, 0.4) is 0 Å². The van der Waals surface area contributed by atoms with Crippen molar-refractivity contribution in [1.29, 1.82) is 0 Å². The second kappa shape index (κ2) is 26.7. The molecule has 0 aromatic rings. The lowest BCUT2D eigenvalue weighted by Crippen LogP contribution is -2.14. The van der Waals surface area contributed by atoms with Gasteiger partial charge in [0.1, 0.15) is 0 Å².